The number of hydrogen-bond donors (Lipinski definition) is 1. The number of urea groups is 1. The molecule has 4 amide bonds. The molecule has 0 aromatic rings. The van der Waals surface area contributed by atoms with Crippen molar-refractivity contribution in [2.45, 2.75) is 52.9 Å². The number of barbiturate groups is 1. The molecule has 1 heterocycles. The zero-order valence-electron chi connectivity index (χ0n) is 11.4. The first-order chi connectivity index (χ1) is 8.35. The van der Waals surface area contributed by atoms with Crippen LogP contribution in [0.5, 0.6) is 0 Å². The first-order valence-corrected chi connectivity index (χ1v) is 6.50. The fourth-order valence-electron chi connectivity index (χ4n) is 2.10. The summed E-state index contributed by atoms with van der Waals surface area (Å²) in [5, 5.41) is 2.18. The number of nitrogens with one attached hydrogen (secondary N) is 1. The van der Waals surface area contributed by atoms with E-state index >= 15 is 0 Å². The molecule has 1 fully saturated rings. The lowest BCUT2D eigenvalue weighted by atomic mass is 9.86. The minimum absolute atomic E-state index is 0.109. The third-order valence-corrected chi connectivity index (χ3v) is 3.15. The van der Waals surface area contributed by atoms with Gasteiger partial charge in [-0.3, -0.25) is 19.8 Å². The molecule has 0 unspecified atom stereocenters. The third kappa shape index (κ3) is 4.13. The summed E-state index contributed by atoms with van der Waals surface area (Å²) in [4.78, 5) is 35.4. The summed E-state index contributed by atoms with van der Waals surface area (Å²) in [7, 11) is 0. The summed E-state index contributed by atoms with van der Waals surface area (Å²) in [6.45, 7) is 6.59. The van der Waals surface area contributed by atoms with Gasteiger partial charge in [-0.25, -0.2) is 4.79 Å². The lowest BCUT2D eigenvalue weighted by Gasteiger charge is -2.33. The summed E-state index contributed by atoms with van der Waals surface area (Å²) in [5.74, 6) is -0.905. The van der Waals surface area contributed by atoms with E-state index < -0.39 is 17.8 Å². The van der Waals surface area contributed by atoms with Crippen LogP contribution in [0, 0.1) is 5.41 Å². The number of nitrogens with zero attached hydrogens (tertiary/aromatic N) is 1. The largest absolute Gasteiger partial charge is 0.330 e. The number of amides is 4. The van der Waals surface area contributed by atoms with Crippen molar-refractivity contribution in [1.82, 2.24) is 10.2 Å². The lowest BCUT2D eigenvalue weighted by Crippen LogP contribution is -2.55. The molecule has 0 aliphatic carbocycles. The van der Waals surface area contributed by atoms with Crippen LogP contribution in [0.2, 0.25) is 0 Å². The second kappa shape index (κ2) is 5.98. The van der Waals surface area contributed by atoms with Crippen molar-refractivity contribution >= 4 is 17.8 Å². The molecule has 5 heteroatoms. The Bertz CT molecular complexity index is 330. The minimum atomic E-state index is -0.584. The Morgan fingerprint density at radius 1 is 1.22 bits per heavy atom. The molecule has 5 nitrogen and oxygen atoms in total. The van der Waals surface area contributed by atoms with Crippen molar-refractivity contribution < 1.29 is 14.4 Å². The standard InChI is InChI=1S/C13H22N2O3/c1-4-5-6-7-13(2,3)9-15-11(17)8-10(16)14-12(15)18/h4-9H2,1-3H3,(H,14,16,18). The van der Waals surface area contributed by atoms with Gasteiger partial charge in [-0.1, -0.05) is 40.0 Å². The van der Waals surface area contributed by atoms with Crippen LogP contribution in [-0.2, 0) is 9.59 Å². The Hall–Kier alpha value is -1.39. The Morgan fingerprint density at radius 3 is 2.44 bits per heavy atom. The third-order valence-electron chi connectivity index (χ3n) is 3.15. The molecular formula is C13H22N2O3. The number of carbonyl (C=O) groups excluding carboxylic acids is 3. The van der Waals surface area contributed by atoms with Crippen LogP contribution in [0.1, 0.15) is 52.9 Å². The molecule has 18 heavy (non-hydrogen) atoms. The molecule has 1 aliphatic rings. The minimum Gasteiger partial charge on any atom is -0.277 e. The van der Waals surface area contributed by atoms with Crippen LogP contribution in [0.4, 0.5) is 4.79 Å². The highest BCUT2D eigenvalue weighted by atomic mass is 16.2. The highest BCUT2D eigenvalue weighted by molar-refractivity contribution is 6.14. The summed E-state index contributed by atoms with van der Waals surface area (Å²) >= 11 is 0. The molecule has 1 N–H and O–H groups in total. The number of carbonyl (C=O) groups is 3. The Kier molecular flexibility index (Phi) is 4.87. The topological polar surface area (TPSA) is 66.5 Å². The maximum absolute atomic E-state index is 11.7. The van der Waals surface area contributed by atoms with E-state index in [0.717, 1.165) is 30.6 Å². The average molecular weight is 254 g/mol. The number of hydrogen-bond acceptors (Lipinski definition) is 3. The van der Waals surface area contributed by atoms with Gasteiger partial charge < -0.3 is 0 Å². The normalized spacial score (nSPS) is 17.1. The van der Waals surface area contributed by atoms with Crippen LogP contribution < -0.4 is 5.32 Å². The van der Waals surface area contributed by atoms with Crippen molar-refractivity contribution in [3.05, 3.63) is 0 Å². The predicted octanol–water partition coefficient (Wildman–Crippen LogP) is 2.06. The summed E-state index contributed by atoms with van der Waals surface area (Å²) in [6.07, 6.45) is 4.13. The average Bonchev–Trinajstić information content (AvgIpc) is 2.23. The Morgan fingerprint density at radius 2 is 1.89 bits per heavy atom. The zero-order chi connectivity index (χ0) is 13.8. The second-order valence-corrected chi connectivity index (χ2v) is 5.63. The molecule has 1 rings (SSSR count). The number of imide groups is 2. The molecule has 1 saturated heterocycles. The van der Waals surface area contributed by atoms with Crippen LogP contribution in [0.25, 0.3) is 0 Å². The molecule has 0 aromatic heterocycles. The van der Waals surface area contributed by atoms with E-state index in [9.17, 15) is 14.4 Å². The fraction of sp³-hybridized carbons (Fsp3) is 0.769. The van der Waals surface area contributed by atoms with Gasteiger partial charge in [-0.15, -0.1) is 0 Å². The van der Waals surface area contributed by atoms with Crippen LogP contribution in [-0.4, -0.2) is 29.3 Å². The highest BCUT2D eigenvalue weighted by Gasteiger charge is 2.34. The van der Waals surface area contributed by atoms with Gasteiger partial charge in [0.05, 0.1) is 0 Å². The maximum atomic E-state index is 11.7. The van der Waals surface area contributed by atoms with Crippen molar-refractivity contribution in [1.29, 1.82) is 0 Å². The smallest absolute Gasteiger partial charge is 0.277 e. The molecule has 102 valence electrons. The number of rotatable bonds is 6. The number of unbranched alkanes of at least 4 members (excludes halogenated alkanes) is 2. The van der Waals surface area contributed by atoms with Crippen molar-refractivity contribution in [2.24, 2.45) is 5.41 Å². The van der Waals surface area contributed by atoms with Gasteiger partial charge >= 0.3 is 6.03 Å². The van der Waals surface area contributed by atoms with Gasteiger partial charge in [-0.05, 0) is 11.8 Å². The van der Waals surface area contributed by atoms with Gasteiger partial charge in [0.1, 0.15) is 6.42 Å². The molecular weight excluding hydrogens is 232 g/mol. The fourth-order valence-corrected chi connectivity index (χ4v) is 2.10. The molecule has 0 saturated carbocycles. The van der Waals surface area contributed by atoms with Crippen LogP contribution in [0.3, 0.4) is 0 Å². The predicted molar refractivity (Wildman–Crippen MR) is 67.8 cm³/mol. The molecule has 0 bridgehead atoms. The summed E-state index contributed by atoms with van der Waals surface area (Å²) < 4.78 is 0. The molecule has 0 atom stereocenters. The van der Waals surface area contributed by atoms with E-state index in [-0.39, 0.29) is 11.8 Å². The van der Waals surface area contributed by atoms with Crippen molar-refractivity contribution in [3.63, 3.8) is 0 Å². The van der Waals surface area contributed by atoms with E-state index in [1.165, 1.54) is 0 Å². The van der Waals surface area contributed by atoms with E-state index in [4.69, 9.17) is 0 Å². The maximum Gasteiger partial charge on any atom is 0.330 e. The zero-order valence-corrected chi connectivity index (χ0v) is 11.4. The SMILES string of the molecule is CCCCCC(C)(C)CN1C(=O)CC(=O)NC1=O. The summed E-state index contributed by atoms with van der Waals surface area (Å²) in [5.41, 5.74) is -0.109. The first-order valence-electron chi connectivity index (χ1n) is 6.50. The van der Waals surface area contributed by atoms with E-state index in [2.05, 4.69) is 12.2 Å². The highest BCUT2D eigenvalue weighted by Crippen LogP contribution is 2.26. The quantitative estimate of drug-likeness (QED) is 0.583. The van der Waals surface area contributed by atoms with Crippen LogP contribution in [0.15, 0.2) is 0 Å². The molecule has 0 aromatic carbocycles. The van der Waals surface area contributed by atoms with Gasteiger partial charge in [0, 0.05) is 6.54 Å². The lowest BCUT2D eigenvalue weighted by molar-refractivity contribution is -0.137. The van der Waals surface area contributed by atoms with Crippen molar-refractivity contribution in [3.8, 4) is 0 Å². The van der Waals surface area contributed by atoms with Gasteiger partial charge in [0.25, 0.3) is 0 Å². The van der Waals surface area contributed by atoms with E-state index in [1.54, 1.807) is 0 Å². The van der Waals surface area contributed by atoms with Gasteiger partial charge in [0.15, 0.2) is 0 Å². The second-order valence-electron chi connectivity index (χ2n) is 5.63. The first kappa shape index (κ1) is 14.7. The molecule has 0 radical (unpaired) electrons. The van der Waals surface area contributed by atoms with Gasteiger partial charge in [-0.2, -0.15) is 0 Å². The molecule has 1 aliphatic heterocycles. The van der Waals surface area contributed by atoms with E-state index in [1.807, 2.05) is 13.8 Å². The van der Waals surface area contributed by atoms with E-state index in [0.29, 0.717) is 6.54 Å². The summed E-state index contributed by atoms with van der Waals surface area (Å²) in [6, 6.07) is -0.584. The van der Waals surface area contributed by atoms with Crippen LogP contribution >= 0.6 is 0 Å². The van der Waals surface area contributed by atoms with Gasteiger partial charge in [0.2, 0.25) is 11.8 Å². The Labute approximate surface area is 108 Å². The monoisotopic (exact) mass is 254 g/mol. The Balaban J connectivity index is 2.56. The van der Waals surface area contributed by atoms with Crippen molar-refractivity contribution in [2.75, 3.05) is 6.54 Å². The molecule has 0 spiro atoms.